The number of amides is 1. The van der Waals surface area contributed by atoms with Crippen LogP contribution in [-0.4, -0.2) is 36.2 Å². The third-order valence-electron chi connectivity index (χ3n) is 6.40. The molecular weight excluding hydrogens is 441 g/mol. The van der Waals surface area contributed by atoms with Crippen LogP contribution in [0.2, 0.25) is 0 Å². The third-order valence-corrected chi connectivity index (χ3v) is 6.40. The van der Waals surface area contributed by atoms with Crippen molar-refractivity contribution in [3.05, 3.63) is 65.2 Å². The number of hydrogen-bond donors (Lipinski definition) is 1. The molecular formula is C27H33F3N2O2. The van der Waals surface area contributed by atoms with E-state index in [0.717, 1.165) is 63.1 Å². The number of Topliss-reactive ketones (excluding diaryl/α,β-unsaturated/α-hetero) is 1. The van der Waals surface area contributed by atoms with Gasteiger partial charge >= 0.3 is 6.18 Å². The molecule has 0 bridgehead atoms. The van der Waals surface area contributed by atoms with E-state index in [9.17, 15) is 22.8 Å². The van der Waals surface area contributed by atoms with Gasteiger partial charge < -0.3 is 10.2 Å². The Balaban J connectivity index is 1.38. The number of likely N-dealkylation sites (tertiary alicyclic amines) is 1. The second kappa shape index (κ2) is 11.6. The summed E-state index contributed by atoms with van der Waals surface area (Å²) in [5.74, 6) is 0.311. The van der Waals surface area contributed by atoms with E-state index in [2.05, 4.69) is 22.3 Å². The van der Waals surface area contributed by atoms with Gasteiger partial charge in [0, 0.05) is 23.6 Å². The Morgan fingerprint density at radius 1 is 1.03 bits per heavy atom. The zero-order chi connectivity index (χ0) is 24.7. The SMILES string of the molecule is CC(C)C(=O)Nc1cccc(C2CCN(CCCCC(=O)c3ccc(C(F)(F)F)cc3)CC2)c1. The highest BCUT2D eigenvalue weighted by Crippen LogP contribution is 2.30. The summed E-state index contributed by atoms with van der Waals surface area (Å²) < 4.78 is 38.0. The van der Waals surface area contributed by atoms with Gasteiger partial charge in [-0.05, 0) is 81.1 Å². The number of alkyl halides is 3. The summed E-state index contributed by atoms with van der Waals surface area (Å²) in [6.07, 6.45) is -0.346. The number of rotatable bonds is 9. The molecule has 1 heterocycles. The van der Waals surface area contributed by atoms with Crippen molar-refractivity contribution >= 4 is 17.4 Å². The smallest absolute Gasteiger partial charge is 0.326 e. The summed E-state index contributed by atoms with van der Waals surface area (Å²) in [7, 11) is 0. The summed E-state index contributed by atoms with van der Waals surface area (Å²) in [6.45, 7) is 6.64. The highest BCUT2D eigenvalue weighted by molar-refractivity contribution is 5.96. The van der Waals surface area contributed by atoms with Crippen LogP contribution >= 0.6 is 0 Å². The average molecular weight is 475 g/mol. The molecule has 1 amide bonds. The van der Waals surface area contributed by atoms with Crippen molar-refractivity contribution in [1.29, 1.82) is 0 Å². The number of halogens is 3. The van der Waals surface area contributed by atoms with Gasteiger partial charge in [-0.3, -0.25) is 9.59 Å². The molecule has 1 fully saturated rings. The van der Waals surface area contributed by atoms with Crippen LogP contribution < -0.4 is 5.32 Å². The van der Waals surface area contributed by atoms with Crippen molar-refractivity contribution in [2.24, 2.45) is 5.92 Å². The van der Waals surface area contributed by atoms with Crippen LogP contribution in [0, 0.1) is 5.92 Å². The molecule has 0 saturated carbocycles. The van der Waals surface area contributed by atoms with E-state index in [1.165, 1.54) is 17.7 Å². The quantitative estimate of drug-likeness (QED) is 0.332. The maximum atomic E-state index is 12.7. The Labute approximate surface area is 199 Å². The predicted octanol–water partition coefficient (Wildman–Crippen LogP) is 6.53. The van der Waals surface area contributed by atoms with Crippen LogP contribution in [0.5, 0.6) is 0 Å². The first kappa shape index (κ1) is 25.9. The molecule has 3 rings (SSSR count). The van der Waals surface area contributed by atoms with E-state index in [1.807, 2.05) is 26.0 Å². The van der Waals surface area contributed by atoms with Gasteiger partial charge in [0.1, 0.15) is 0 Å². The van der Waals surface area contributed by atoms with Gasteiger partial charge in [0.05, 0.1) is 5.56 Å². The van der Waals surface area contributed by atoms with Crippen LogP contribution in [-0.2, 0) is 11.0 Å². The molecule has 34 heavy (non-hydrogen) atoms. The molecule has 0 unspecified atom stereocenters. The first-order valence-corrected chi connectivity index (χ1v) is 12.0. The lowest BCUT2D eigenvalue weighted by atomic mass is 9.89. The van der Waals surface area contributed by atoms with E-state index >= 15 is 0 Å². The topological polar surface area (TPSA) is 49.4 Å². The Hall–Kier alpha value is -2.67. The molecule has 7 heteroatoms. The number of anilines is 1. The Bertz CT molecular complexity index is 963. The Morgan fingerprint density at radius 2 is 1.71 bits per heavy atom. The molecule has 1 aliphatic rings. The molecule has 1 saturated heterocycles. The van der Waals surface area contributed by atoms with Gasteiger partial charge in [-0.2, -0.15) is 13.2 Å². The monoisotopic (exact) mass is 474 g/mol. The van der Waals surface area contributed by atoms with Crippen LogP contribution in [0.25, 0.3) is 0 Å². The van der Waals surface area contributed by atoms with Gasteiger partial charge in [0.2, 0.25) is 5.91 Å². The number of ketones is 1. The van der Waals surface area contributed by atoms with Crippen molar-refractivity contribution < 1.29 is 22.8 Å². The first-order chi connectivity index (χ1) is 16.1. The predicted molar refractivity (Wildman–Crippen MR) is 128 cm³/mol. The van der Waals surface area contributed by atoms with Crippen molar-refractivity contribution in [3.8, 4) is 0 Å². The maximum absolute atomic E-state index is 12.7. The van der Waals surface area contributed by atoms with Crippen LogP contribution in [0.1, 0.15) is 73.4 Å². The molecule has 0 spiro atoms. The molecule has 184 valence electrons. The fourth-order valence-electron chi connectivity index (χ4n) is 4.26. The van der Waals surface area contributed by atoms with Crippen molar-refractivity contribution in [3.63, 3.8) is 0 Å². The van der Waals surface area contributed by atoms with E-state index in [4.69, 9.17) is 0 Å². The minimum atomic E-state index is -4.39. The van der Waals surface area contributed by atoms with Crippen LogP contribution in [0.15, 0.2) is 48.5 Å². The summed E-state index contributed by atoms with van der Waals surface area (Å²) in [6, 6.07) is 12.6. The molecule has 1 N–H and O–H groups in total. The highest BCUT2D eigenvalue weighted by atomic mass is 19.4. The lowest BCUT2D eigenvalue weighted by Crippen LogP contribution is -2.33. The fraction of sp³-hybridized carbons (Fsp3) is 0.481. The van der Waals surface area contributed by atoms with Crippen molar-refractivity contribution in [2.45, 2.75) is 58.0 Å². The van der Waals surface area contributed by atoms with Gasteiger partial charge in [-0.15, -0.1) is 0 Å². The number of carbonyl (C=O) groups excluding carboxylic acids is 2. The summed E-state index contributed by atoms with van der Waals surface area (Å²) in [4.78, 5) is 26.6. The van der Waals surface area contributed by atoms with Gasteiger partial charge in [0.25, 0.3) is 0 Å². The number of carbonyl (C=O) groups is 2. The van der Waals surface area contributed by atoms with Gasteiger partial charge in [-0.25, -0.2) is 0 Å². The van der Waals surface area contributed by atoms with E-state index in [0.29, 0.717) is 17.9 Å². The summed E-state index contributed by atoms with van der Waals surface area (Å²) in [5.41, 5.74) is 1.69. The molecule has 2 aromatic rings. The summed E-state index contributed by atoms with van der Waals surface area (Å²) >= 11 is 0. The van der Waals surface area contributed by atoms with Gasteiger partial charge in [-0.1, -0.05) is 38.1 Å². The normalized spacial score (nSPS) is 15.5. The zero-order valence-corrected chi connectivity index (χ0v) is 19.8. The maximum Gasteiger partial charge on any atom is 0.416 e. The second-order valence-electron chi connectivity index (χ2n) is 9.34. The molecule has 0 atom stereocenters. The largest absolute Gasteiger partial charge is 0.416 e. The number of benzene rings is 2. The molecule has 0 radical (unpaired) electrons. The standard InChI is InChI=1S/C27H33F3N2O2/c1-19(2)26(34)31-24-7-5-6-22(18-24)20-13-16-32(17-14-20)15-4-3-8-25(33)21-9-11-23(12-10-21)27(28,29)30/h5-7,9-12,18-20H,3-4,8,13-17H2,1-2H3,(H,31,34). The van der Waals surface area contributed by atoms with E-state index < -0.39 is 11.7 Å². The number of unbranched alkanes of at least 4 members (excludes halogenated alkanes) is 1. The van der Waals surface area contributed by atoms with E-state index in [-0.39, 0.29) is 17.6 Å². The summed E-state index contributed by atoms with van der Waals surface area (Å²) in [5, 5.41) is 2.97. The minimum Gasteiger partial charge on any atom is -0.326 e. The first-order valence-electron chi connectivity index (χ1n) is 12.0. The lowest BCUT2D eigenvalue weighted by Gasteiger charge is -2.32. The van der Waals surface area contributed by atoms with Crippen molar-refractivity contribution in [2.75, 3.05) is 25.0 Å². The molecule has 4 nitrogen and oxygen atoms in total. The molecule has 0 aromatic heterocycles. The minimum absolute atomic E-state index is 0.0174. The third kappa shape index (κ3) is 7.42. The molecule has 0 aliphatic carbocycles. The zero-order valence-electron chi connectivity index (χ0n) is 19.8. The average Bonchev–Trinajstić information content (AvgIpc) is 2.81. The molecule has 1 aliphatic heterocycles. The van der Waals surface area contributed by atoms with Crippen LogP contribution in [0.4, 0.5) is 18.9 Å². The number of hydrogen-bond acceptors (Lipinski definition) is 3. The number of nitrogens with zero attached hydrogens (tertiary/aromatic N) is 1. The highest BCUT2D eigenvalue weighted by Gasteiger charge is 2.30. The number of nitrogens with one attached hydrogen (secondary N) is 1. The van der Waals surface area contributed by atoms with Gasteiger partial charge in [0.15, 0.2) is 5.78 Å². The van der Waals surface area contributed by atoms with E-state index in [1.54, 1.807) is 0 Å². The molecule has 2 aromatic carbocycles. The van der Waals surface area contributed by atoms with Crippen LogP contribution in [0.3, 0.4) is 0 Å². The number of piperidine rings is 1. The lowest BCUT2D eigenvalue weighted by molar-refractivity contribution is -0.137. The Kier molecular flexibility index (Phi) is 8.89. The fourth-order valence-corrected chi connectivity index (χ4v) is 4.26. The second-order valence-corrected chi connectivity index (χ2v) is 9.34. The Morgan fingerprint density at radius 3 is 2.32 bits per heavy atom. The van der Waals surface area contributed by atoms with Crippen molar-refractivity contribution in [1.82, 2.24) is 4.90 Å².